The summed E-state index contributed by atoms with van der Waals surface area (Å²) in [6.07, 6.45) is 0. The second-order valence-electron chi connectivity index (χ2n) is 6.16. The third-order valence-electron chi connectivity index (χ3n) is 4.10. The van der Waals surface area contributed by atoms with Gasteiger partial charge in [-0.05, 0) is 31.2 Å². The van der Waals surface area contributed by atoms with E-state index in [1.165, 1.54) is 0 Å². The number of nitrogen functional groups attached to an aromatic ring is 1. The molecule has 0 saturated carbocycles. The van der Waals surface area contributed by atoms with Gasteiger partial charge in [-0.3, -0.25) is 4.57 Å². The number of hydrogen-bond donors (Lipinski definition) is 2. The number of nitrogens with one attached hydrogen (secondary N) is 1. The number of fused-ring (bicyclic) bond motifs is 1. The van der Waals surface area contributed by atoms with Crippen molar-refractivity contribution in [3.8, 4) is 0 Å². The van der Waals surface area contributed by atoms with Gasteiger partial charge in [0.25, 0.3) is 0 Å². The average Bonchev–Trinajstić information content (AvgIpc) is 3.06. The summed E-state index contributed by atoms with van der Waals surface area (Å²) < 4.78 is 28.2. The van der Waals surface area contributed by atoms with Crippen LogP contribution in [0.5, 0.6) is 0 Å². The van der Waals surface area contributed by atoms with Crippen LogP contribution in [0.4, 0.5) is 26.4 Å². The molecule has 2 aromatic carbocycles. The summed E-state index contributed by atoms with van der Waals surface area (Å²) in [4.78, 5) is 17.0. The second kappa shape index (κ2) is 8.00. The van der Waals surface area contributed by atoms with Gasteiger partial charge in [0.05, 0.1) is 16.3 Å². The van der Waals surface area contributed by atoms with Gasteiger partial charge in [0.1, 0.15) is 5.82 Å². The quantitative estimate of drug-likeness (QED) is 0.439. The zero-order valence-corrected chi connectivity index (χ0v) is 16.1. The van der Waals surface area contributed by atoms with E-state index in [0.29, 0.717) is 16.9 Å². The van der Waals surface area contributed by atoms with Crippen LogP contribution in [-0.4, -0.2) is 24.5 Å². The van der Waals surface area contributed by atoms with Crippen molar-refractivity contribution in [2.24, 2.45) is 0 Å². The number of alkyl halides is 2. The summed E-state index contributed by atoms with van der Waals surface area (Å²) in [5, 5.41) is 2.86. The van der Waals surface area contributed by atoms with Crippen molar-refractivity contribution < 1.29 is 8.78 Å². The van der Waals surface area contributed by atoms with E-state index in [2.05, 4.69) is 25.3 Å². The van der Waals surface area contributed by atoms with Gasteiger partial charge < -0.3 is 11.1 Å². The normalized spacial score (nSPS) is 12.4. The highest BCUT2D eigenvalue weighted by Crippen LogP contribution is 2.37. The molecule has 0 aliphatic carbocycles. The van der Waals surface area contributed by atoms with Crippen LogP contribution in [-0.2, 0) is 0 Å². The molecule has 0 unspecified atom stereocenters. The largest absolute Gasteiger partial charge is 0.368 e. The lowest BCUT2D eigenvalue weighted by molar-refractivity contribution is 0.0656. The van der Waals surface area contributed by atoms with Crippen LogP contribution >= 0.6 is 11.8 Å². The van der Waals surface area contributed by atoms with E-state index in [-0.39, 0.29) is 22.3 Å². The minimum absolute atomic E-state index is 0.0447. The van der Waals surface area contributed by atoms with E-state index < -0.39 is 6.55 Å². The van der Waals surface area contributed by atoms with Crippen LogP contribution in [0, 0.1) is 0 Å². The van der Waals surface area contributed by atoms with Crippen molar-refractivity contribution in [2.45, 2.75) is 23.9 Å². The number of halogens is 2. The van der Waals surface area contributed by atoms with Crippen molar-refractivity contribution in [1.29, 1.82) is 0 Å². The van der Waals surface area contributed by atoms with Crippen LogP contribution < -0.4 is 11.1 Å². The third-order valence-corrected chi connectivity index (χ3v) is 5.17. The first kappa shape index (κ1) is 19.1. The molecule has 0 fully saturated rings. The topological polar surface area (TPSA) is 94.5 Å². The van der Waals surface area contributed by atoms with Gasteiger partial charge in [-0.1, -0.05) is 42.1 Å². The first-order valence-corrected chi connectivity index (χ1v) is 9.64. The minimum atomic E-state index is -2.71. The highest BCUT2D eigenvalue weighted by atomic mass is 32.2. The van der Waals surface area contributed by atoms with Gasteiger partial charge >= 0.3 is 6.55 Å². The number of thioether (sulfide) groups is 1. The summed E-state index contributed by atoms with van der Waals surface area (Å²) >= 11 is 1.14. The Morgan fingerprint density at radius 1 is 0.966 bits per heavy atom. The van der Waals surface area contributed by atoms with Crippen molar-refractivity contribution in [3.63, 3.8) is 0 Å². The second-order valence-corrected chi connectivity index (χ2v) is 7.47. The lowest BCUT2D eigenvalue weighted by atomic mass is 10.3. The summed E-state index contributed by atoms with van der Waals surface area (Å²) in [7, 11) is 0. The molecule has 4 aromatic rings. The lowest BCUT2D eigenvalue weighted by Crippen LogP contribution is -2.09. The van der Waals surface area contributed by atoms with Crippen molar-refractivity contribution in [1.82, 2.24) is 24.5 Å². The van der Waals surface area contributed by atoms with Crippen LogP contribution in [0.1, 0.15) is 24.5 Å². The number of nitrogens with two attached hydrogens (primary N) is 1. The molecule has 0 aliphatic heterocycles. The number of aromatic nitrogens is 5. The van der Waals surface area contributed by atoms with E-state index in [1.807, 2.05) is 30.3 Å². The summed E-state index contributed by atoms with van der Waals surface area (Å²) in [6.45, 7) is -0.906. The van der Waals surface area contributed by atoms with Gasteiger partial charge in [0.2, 0.25) is 11.9 Å². The van der Waals surface area contributed by atoms with E-state index >= 15 is 0 Å². The molecule has 3 N–H and O–H groups in total. The number of para-hydroxylation sites is 3. The van der Waals surface area contributed by atoms with Crippen LogP contribution in [0.3, 0.4) is 0 Å². The number of imidazole rings is 1. The van der Waals surface area contributed by atoms with Crippen LogP contribution in [0.15, 0.2) is 59.8 Å². The maximum Gasteiger partial charge on any atom is 0.321 e. The Labute approximate surface area is 169 Å². The highest BCUT2D eigenvalue weighted by molar-refractivity contribution is 7.99. The van der Waals surface area contributed by atoms with Crippen LogP contribution in [0.2, 0.25) is 0 Å². The Balaban J connectivity index is 1.63. The highest BCUT2D eigenvalue weighted by Gasteiger charge is 2.22. The van der Waals surface area contributed by atoms with Crippen molar-refractivity contribution >= 4 is 40.4 Å². The van der Waals surface area contributed by atoms with Crippen LogP contribution in [0.25, 0.3) is 11.0 Å². The Morgan fingerprint density at radius 2 is 1.69 bits per heavy atom. The smallest absolute Gasteiger partial charge is 0.321 e. The number of anilines is 3. The lowest BCUT2D eigenvalue weighted by Gasteiger charge is -2.13. The molecule has 2 aromatic heterocycles. The fourth-order valence-corrected chi connectivity index (χ4v) is 3.77. The third kappa shape index (κ3) is 4.11. The summed E-state index contributed by atoms with van der Waals surface area (Å²) in [5.74, 6) is 0.700. The number of benzene rings is 2. The van der Waals surface area contributed by atoms with E-state index in [4.69, 9.17) is 5.73 Å². The average molecular weight is 413 g/mol. The number of rotatable bonds is 6. The van der Waals surface area contributed by atoms with Crippen molar-refractivity contribution in [3.05, 3.63) is 60.4 Å². The molecule has 0 amide bonds. The first-order chi connectivity index (χ1) is 14.0. The van der Waals surface area contributed by atoms with Gasteiger partial charge in [-0.25, -0.2) is 4.98 Å². The predicted molar refractivity (Wildman–Crippen MR) is 109 cm³/mol. The predicted octanol–water partition coefficient (Wildman–Crippen LogP) is 4.80. The monoisotopic (exact) mass is 413 g/mol. The molecule has 148 valence electrons. The molecule has 0 aliphatic rings. The van der Waals surface area contributed by atoms with E-state index in [0.717, 1.165) is 22.0 Å². The fourth-order valence-electron chi connectivity index (χ4n) is 2.80. The molecule has 7 nitrogen and oxygen atoms in total. The van der Waals surface area contributed by atoms with Gasteiger partial charge in [0.15, 0.2) is 5.16 Å². The Hall–Kier alpha value is -3.27. The Kier molecular flexibility index (Phi) is 5.26. The first-order valence-electron chi connectivity index (χ1n) is 8.76. The molecule has 0 radical (unpaired) electrons. The summed E-state index contributed by atoms with van der Waals surface area (Å²) in [5.41, 5.74) is 7.50. The Morgan fingerprint density at radius 3 is 2.45 bits per heavy atom. The molecule has 0 bridgehead atoms. The van der Waals surface area contributed by atoms with E-state index in [9.17, 15) is 8.78 Å². The number of hydrogen-bond acceptors (Lipinski definition) is 7. The molecule has 4 rings (SSSR count). The molecule has 29 heavy (non-hydrogen) atoms. The molecular weight excluding hydrogens is 396 g/mol. The maximum absolute atomic E-state index is 13.7. The van der Waals surface area contributed by atoms with Gasteiger partial charge in [0, 0.05) is 5.69 Å². The van der Waals surface area contributed by atoms with Crippen molar-refractivity contribution in [2.75, 3.05) is 11.1 Å². The molecule has 2 heterocycles. The zero-order chi connectivity index (χ0) is 20.4. The van der Waals surface area contributed by atoms with Gasteiger partial charge in [-0.15, -0.1) is 0 Å². The maximum atomic E-state index is 13.7. The molecule has 0 saturated heterocycles. The molecule has 10 heteroatoms. The Bertz CT molecular complexity index is 1130. The van der Waals surface area contributed by atoms with E-state index in [1.54, 1.807) is 31.2 Å². The molecular formula is C19H17F2N7S. The fraction of sp³-hybridized carbons (Fsp3) is 0.158. The summed E-state index contributed by atoms with van der Waals surface area (Å²) in [6, 6.07) is 16.2. The van der Waals surface area contributed by atoms with Gasteiger partial charge in [-0.2, -0.15) is 23.7 Å². The number of nitrogens with zero attached hydrogens (tertiary/aromatic N) is 5. The standard InChI is InChI=1S/C19H17F2N7S/c1-11(29-19-24-13-9-5-6-10-14(13)28(19)16(20)21)15-25-17(22)27-18(26-15)23-12-7-3-2-4-8-12/h2-11,16H,1H3,(H3,22,23,25,26,27)/t11-/m0/s1. The minimum Gasteiger partial charge on any atom is -0.368 e. The molecule has 0 spiro atoms. The molecule has 1 atom stereocenters. The SMILES string of the molecule is C[C@H](Sc1nc2ccccc2n1C(F)F)c1nc(N)nc(Nc2ccccc2)n1. The zero-order valence-electron chi connectivity index (χ0n) is 15.3.